The van der Waals surface area contributed by atoms with Gasteiger partial charge in [-0.25, -0.2) is 0 Å². The van der Waals surface area contributed by atoms with Crippen molar-refractivity contribution in [2.24, 2.45) is 0 Å². The molecule has 8 nitrogen and oxygen atoms in total. The lowest BCUT2D eigenvalue weighted by Gasteiger charge is -2.39. The summed E-state index contributed by atoms with van der Waals surface area (Å²) < 4.78 is 5.05. The number of methoxy groups -OCH3 is 1. The SMILES string of the molecule is COCCNC1CN(Cc2ccc3c(c2)CN(C2CCC(=O)NC2=O)C3=O)C1. The van der Waals surface area contributed by atoms with Crippen molar-refractivity contribution in [1.82, 2.24) is 20.4 Å². The van der Waals surface area contributed by atoms with E-state index in [0.29, 0.717) is 24.6 Å². The first-order valence-corrected chi connectivity index (χ1v) is 9.76. The molecule has 0 aliphatic carbocycles. The minimum absolute atomic E-state index is 0.123. The molecule has 3 aliphatic rings. The van der Waals surface area contributed by atoms with Crippen molar-refractivity contribution in [3.05, 3.63) is 34.9 Å². The zero-order chi connectivity index (χ0) is 19.7. The first kappa shape index (κ1) is 19.0. The number of piperidine rings is 1. The third-order valence-corrected chi connectivity index (χ3v) is 5.69. The summed E-state index contributed by atoms with van der Waals surface area (Å²) in [6.07, 6.45) is 0.665. The van der Waals surface area contributed by atoms with Crippen LogP contribution in [0.25, 0.3) is 0 Å². The van der Waals surface area contributed by atoms with Crippen LogP contribution in [-0.4, -0.2) is 73.0 Å². The third-order valence-electron chi connectivity index (χ3n) is 5.69. The van der Waals surface area contributed by atoms with Crippen LogP contribution in [0.15, 0.2) is 18.2 Å². The van der Waals surface area contributed by atoms with E-state index >= 15 is 0 Å². The zero-order valence-electron chi connectivity index (χ0n) is 16.1. The molecule has 0 saturated carbocycles. The van der Waals surface area contributed by atoms with Gasteiger partial charge in [-0.1, -0.05) is 12.1 Å². The first-order chi connectivity index (χ1) is 13.5. The van der Waals surface area contributed by atoms with E-state index in [4.69, 9.17) is 4.74 Å². The smallest absolute Gasteiger partial charge is 0.255 e. The fourth-order valence-electron chi connectivity index (χ4n) is 4.18. The minimum atomic E-state index is -0.560. The second-order valence-electron chi connectivity index (χ2n) is 7.73. The number of rotatable bonds is 7. The molecule has 0 aromatic heterocycles. The molecule has 4 rings (SSSR count). The fraction of sp³-hybridized carbons (Fsp3) is 0.550. The number of carbonyl (C=O) groups is 3. The van der Waals surface area contributed by atoms with Crippen LogP contribution in [0.2, 0.25) is 0 Å². The van der Waals surface area contributed by atoms with Crippen LogP contribution >= 0.6 is 0 Å². The Balaban J connectivity index is 1.34. The lowest BCUT2D eigenvalue weighted by atomic mass is 10.0. The second kappa shape index (κ2) is 7.98. The molecular formula is C20H26N4O4. The Morgan fingerprint density at radius 2 is 2.07 bits per heavy atom. The Bertz CT molecular complexity index is 790. The molecule has 3 amide bonds. The number of ether oxygens (including phenoxy) is 1. The molecule has 0 bridgehead atoms. The summed E-state index contributed by atoms with van der Waals surface area (Å²) >= 11 is 0. The predicted octanol–water partition coefficient (Wildman–Crippen LogP) is -0.132. The number of amides is 3. The molecule has 1 unspecified atom stereocenters. The van der Waals surface area contributed by atoms with Crippen molar-refractivity contribution in [3.8, 4) is 0 Å². The maximum Gasteiger partial charge on any atom is 0.255 e. The molecule has 3 aliphatic heterocycles. The molecule has 2 N–H and O–H groups in total. The highest BCUT2D eigenvalue weighted by molar-refractivity contribution is 6.05. The Labute approximate surface area is 164 Å². The second-order valence-corrected chi connectivity index (χ2v) is 7.73. The van der Waals surface area contributed by atoms with Gasteiger partial charge in [-0.3, -0.25) is 24.6 Å². The molecule has 1 atom stereocenters. The van der Waals surface area contributed by atoms with Crippen LogP contribution in [0.1, 0.15) is 34.3 Å². The van der Waals surface area contributed by atoms with Gasteiger partial charge in [0.2, 0.25) is 11.8 Å². The van der Waals surface area contributed by atoms with Gasteiger partial charge in [0.25, 0.3) is 5.91 Å². The van der Waals surface area contributed by atoms with Gasteiger partial charge in [0.15, 0.2) is 0 Å². The predicted molar refractivity (Wildman–Crippen MR) is 101 cm³/mol. The van der Waals surface area contributed by atoms with Crippen molar-refractivity contribution >= 4 is 17.7 Å². The monoisotopic (exact) mass is 386 g/mol. The van der Waals surface area contributed by atoms with Crippen LogP contribution in [0.5, 0.6) is 0 Å². The van der Waals surface area contributed by atoms with Crippen LogP contribution in [0, 0.1) is 0 Å². The van der Waals surface area contributed by atoms with Crippen LogP contribution in [0.3, 0.4) is 0 Å². The Hall–Kier alpha value is -2.29. The highest BCUT2D eigenvalue weighted by Gasteiger charge is 2.39. The van der Waals surface area contributed by atoms with Gasteiger partial charge >= 0.3 is 0 Å². The fourth-order valence-corrected chi connectivity index (χ4v) is 4.18. The number of fused-ring (bicyclic) bond motifs is 1. The summed E-state index contributed by atoms with van der Waals surface area (Å²) in [7, 11) is 1.70. The molecule has 1 aromatic carbocycles. The highest BCUT2D eigenvalue weighted by Crippen LogP contribution is 2.28. The molecule has 0 spiro atoms. The topological polar surface area (TPSA) is 91.0 Å². The van der Waals surface area contributed by atoms with E-state index in [9.17, 15) is 14.4 Å². The van der Waals surface area contributed by atoms with Gasteiger partial charge in [0, 0.05) is 57.9 Å². The molecule has 150 valence electrons. The van der Waals surface area contributed by atoms with Gasteiger partial charge in [-0.15, -0.1) is 0 Å². The maximum absolute atomic E-state index is 12.7. The number of nitrogens with zero attached hydrogens (tertiary/aromatic N) is 2. The molecule has 28 heavy (non-hydrogen) atoms. The van der Waals surface area contributed by atoms with Crippen molar-refractivity contribution in [2.75, 3.05) is 33.4 Å². The highest BCUT2D eigenvalue weighted by atomic mass is 16.5. The Kier molecular flexibility index (Phi) is 5.43. The third kappa shape index (κ3) is 3.80. The summed E-state index contributed by atoms with van der Waals surface area (Å²) in [4.78, 5) is 40.2. The minimum Gasteiger partial charge on any atom is -0.383 e. The van der Waals surface area contributed by atoms with Gasteiger partial charge in [0.05, 0.1) is 6.61 Å². The number of likely N-dealkylation sites (tertiary alicyclic amines) is 1. The number of benzene rings is 1. The van der Waals surface area contributed by atoms with E-state index in [1.165, 1.54) is 5.56 Å². The molecular weight excluding hydrogens is 360 g/mol. The van der Waals surface area contributed by atoms with Crippen molar-refractivity contribution < 1.29 is 19.1 Å². The van der Waals surface area contributed by atoms with Gasteiger partial charge in [-0.05, 0) is 23.6 Å². The number of nitrogens with one attached hydrogen (secondary N) is 2. The normalized spacial score (nSPS) is 23.0. The van der Waals surface area contributed by atoms with Crippen molar-refractivity contribution in [1.29, 1.82) is 0 Å². The molecule has 2 saturated heterocycles. The summed E-state index contributed by atoms with van der Waals surface area (Å²) in [6.45, 7) is 4.87. The van der Waals surface area contributed by atoms with Crippen LogP contribution in [0.4, 0.5) is 0 Å². The van der Waals surface area contributed by atoms with E-state index in [1.54, 1.807) is 12.0 Å². The van der Waals surface area contributed by atoms with E-state index < -0.39 is 6.04 Å². The van der Waals surface area contributed by atoms with Crippen molar-refractivity contribution in [2.45, 2.75) is 38.0 Å². The summed E-state index contributed by atoms with van der Waals surface area (Å²) in [5.41, 5.74) is 2.80. The first-order valence-electron chi connectivity index (χ1n) is 9.76. The average molecular weight is 386 g/mol. The number of hydrogen-bond acceptors (Lipinski definition) is 6. The standard InChI is InChI=1S/C20H26N4O4/c1-28-7-6-21-15-11-23(12-15)9-13-2-3-16-14(8-13)10-24(20(16)27)17-4-5-18(25)22-19(17)26/h2-3,8,15,17,21H,4-7,9-12H2,1H3,(H,22,25,26). The summed E-state index contributed by atoms with van der Waals surface area (Å²) in [5.74, 6) is -0.759. The zero-order valence-corrected chi connectivity index (χ0v) is 16.1. The largest absolute Gasteiger partial charge is 0.383 e. The molecule has 2 fully saturated rings. The van der Waals surface area contributed by atoms with E-state index in [1.807, 2.05) is 12.1 Å². The average Bonchev–Trinajstić information content (AvgIpc) is 2.95. The number of hydrogen-bond donors (Lipinski definition) is 2. The quantitative estimate of drug-likeness (QED) is 0.501. The molecule has 8 heteroatoms. The van der Waals surface area contributed by atoms with Crippen LogP contribution in [-0.2, 0) is 27.4 Å². The molecule has 0 radical (unpaired) electrons. The van der Waals surface area contributed by atoms with Gasteiger partial charge < -0.3 is 15.0 Å². The van der Waals surface area contributed by atoms with E-state index in [-0.39, 0.29) is 24.1 Å². The number of carbonyl (C=O) groups excluding carboxylic acids is 3. The molecule has 3 heterocycles. The molecule has 1 aromatic rings. The maximum atomic E-state index is 12.7. The van der Waals surface area contributed by atoms with Gasteiger partial charge in [-0.2, -0.15) is 0 Å². The summed E-state index contributed by atoms with van der Waals surface area (Å²) in [6, 6.07) is 5.89. The van der Waals surface area contributed by atoms with E-state index in [2.05, 4.69) is 21.6 Å². The van der Waals surface area contributed by atoms with Crippen LogP contribution < -0.4 is 10.6 Å². The summed E-state index contributed by atoms with van der Waals surface area (Å²) in [5, 5.41) is 5.79. The lowest BCUT2D eigenvalue weighted by Crippen LogP contribution is -2.57. The Morgan fingerprint density at radius 3 is 2.82 bits per heavy atom. The lowest BCUT2D eigenvalue weighted by molar-refractivity contribution is -0.136. The van der Waals surface area contributed by atoms with Gasteiger partial charge in [0.1, 0.15) is 6.04 Å². The number of imide groups is 1. The van der Waals surface area contributed by atoms with E-state index in [0.717, 1.165) is 38.3 Å². The Morgan fingerprint density at radius 1 is 1.25 bits per heavy atom. The van der Waals surface area contributed by atoms with Crippen molar-refractivity contribution in [3.63, 3.8) is 0 Å².